The predicted molar refractivity (Wildman–Crippen MR) is 218 cm³/mol. The highest BCUT2D eigenvalue weighted by Gasteiger charge is 2.33. The highest BCUT2D eigenvalue weighted by Crippen LogP contribution is 2.70. The summed E-state index contributed by atoms with van der Waals surface area (Å²) in [5.41, 5.74) is 0. The first-order valence-electron chi connectivity index (χ1n) is 10.9. The molecule has 0 aliphatic carbocycles. The second-order valence-corrected chi connectivity index (χ2v) is 25.7. The largest absolute Gasteiger partial charge is 0.198 e. The Morgan fingerprint density at radius 1 is 0.450 bits per heavy atom. The van der Waals surface area contributed by atoms with Crippen molar-refractivity contribution < 1.29 is 0 Å². The van der Waals surface area contributed by atoms with Crippen LogP contribution in [0.5, 0.6) is 0 Å². The summed E-state index contributed by atoms with van der Waals surface area (Å²) in [6.07, 6.45) is 9.74. The summed E-state index contributed by atoms with van der Waals surface area (Å²) >= 11 is 26.1. The van der Waals surface area contributed by atoms with Crippen molar-refractivity contribution >= 4 is 186 Å². The number of hydrogen-bond acceptors (Lipinski definition) is 18. The molecule has 0 saturated heterocycles. The van der Waals surface area contributed by atoms with Gasteiger partial charge in [-0.05, 0) is 46.6 Å². The van der Waals surface area contributed by atoms with Gasteiger partial charge in [0.1, 0.15) is 0 Å². The van der Waals surface area contributed by atoms with Crippen molar-refractivity contribution in [1.29, 1.82) is 10.5 Å². The second kappa shape index (κ2) is 19.0. The Hall–Kier alpha value is 3.02. The van der Waals surface area contributed by atoms with E-state index in [4.69, 9.17) is 10.5 Å². The molecule has 0 atom stereocenters. The van der Waals surface area contributed by atoms with Crippen LogP contribution in [0.25, 0.3) is 0 Å². The number of nitrogens with zero attached hydrogens (tertiary/aromatic N) is 2. The van der Waals surface area contributed by atoms with Crippen molar-refractivity contribution in [3.05, 3.63) is 50.8 Å². The normalized spacial score (nSPS) is 19.8. The molecule has 0 amide bonds. The maximum absolute atomic E-state index is 9.11. The number of rotatable bonds is 13. The molecule has 18 heteroatoms. The van der Waals surface area contributed by atoms with E-state index in [9.17, 15) is 0 Å². The molecule has 4 rings (SSSR count). The zero-order valence-electron chi connectivity index (χ0n) is 21.3. The van der Waals surface area contributed by atoms with E-state index in [1.165, 1.54) is 50.8 Å². The van der Waals surface area contributed by atoms with Gasteiger partial charge in [0, 0.05) is 24.3 Å². The summed E-state index contributed by atoms with van der Waals surface area (Å²) in [6.45, 7) is 0. The van der Waals surface area contributed by atoms with Crippen molar-refractivity contribution in [2.45, 2.75) is 12.8 Å². The van der Waals surface area contributed by atoms with Crippen LogP contribution in [0.15, 0.2) is 50.8 Å². The van der Waals surface area contributed by atoms with Gasteiger partial charge in [-0.15, -0.1) is 70.6 Å². The first kappa shape index (κ1) is 35.9. The van der Waals surface area contributed by atoms with Crippen molar-refractivity contribution in [2.24, 2.45) is 0 Å². The number of hydrogen-bond donors (Lipinski definition) is 0. The lowest BCUT2D eigenvalue weighted by Gasteiger charge is -2.05. The molecule has 0 aromatic heterocycles. The van der Waals surface area contributed by atoms with Crippen molar-refractivity contribution in [2.75, 3.05) is 36.5 Å². The Balaban J connectivity index is 1.50. The van der Waals surface area contributed by atoms with Gasteiger partial charge in [-0.1, -0.05) is 94.1 Å². The lowest BCUT2D eigenvalue weighted by Crippen LogP contribution is -1.77. The van der Waals surface area contributed by atoms with Crippen LogP contribution in [0, 0.1) is 22.7 Å². The molecule has 0 aromatic rings. The maximum Gasteiger partial charge on any atom is 0.0772 e. The Morgan fingerprint density at radius 2 is 0.725 bits per heavy atom. The first-order chi connectivity index (χ1) is 19.5. The van der Waals surface area contributed by atoms with Crippen LogP contribution in [0.2, 0.25) is 0 Å². The van der Waals surface area contributed by atoms with Crippen LogP contribution in [-0.2, 0) is 0 Å². The monoisotopic (exact) mass is 824 g/mol. The fraction of sp³-hybridized carbons (Fsp3) is 0.364. The minimum atomic E-state index is 0.558. The van der Waals surface area contributed by atoms with Crippen LogP contribution >= 0.6 is 186 Å². The second-order valence-electron chi connectivity index (χ2n) is 6.76. The van der Waals surface area contributed by atoms with E-state index in [-0.39, 0.29) is 0 Å². The van der Waals surface area contributed by atoms with Crippen molar-refractivity contribution in [3.8, 4) is 12.1 Å². The summed E-state index contributed by atoms with van der Waals surface area (Å²) < 4.78 is 16.3. The first-order valence-corrected chi connectivity index (χ1v) is 26.5. The Labute approximate surface area is 304 Å². The zero-order valence-corrected chi connectivity index (χ0v) is 34.3. The van der Waals surface area contributed by atoms with E-state index in [1.807, 2.05) is 186 Å². The van der Waals surface area contributed by atoms with Crippen LogP contribution in [-0.4, -0.2) is 36.5 Å². The lowest BCUT2D eigenvalue weighted by molar-refractivity contribution is 1.24. The molecule has 4 aliphatic rings. The Bertz CT molecular complexity index is 1140. The Kier molecular flexibility index (Phi) is 17.0. The molecule has 0 spiro atoms. The molecule has 214 valence electrons. The summed E-state index contributed by atoms with van der Waals surface area (Å²) in [7, 11) is 3.71. The smallest absolute Gasteiger partial charge is 0.0772 e. The molecule has 0 saturated carbocycles. The zero-order chi connectivity index (χ0) is 28.5. The van der Waals surface area contributed by atoms with Gasteiger partial charge >= 0.3 is 0 Å². The summed E-state index contributed by atoms with van der Waals surface area (Å²) in [5.74, 6) is 1.63. The van der Waals surface area contributed by atoms with Gasteiger partial charge in [0.15, 0.2) is 0 Å². The highest BCUT2D eigenvalue weighted by molar-refractivity contribution is 8.84. The van der Waals surface area contributed by atoms with Gasteiger partial charge in [-0.25, -0.2) is 0 Å². The van der Waals surface area contributed by atoms with Gasteiger partial charge in [0.25, 0.3) is 0 Å². The van der Waals surface area contributed by atoms with Crippen LogP contribution in [0.4, 0.5) is 0 Å². The van der Waals surface area contributed by atoms with Crippen molar-refractivity contribution in [3.63, 3.8) is 0 Å². The summed E-state index contributed by atoms with van der Waals surface area (Å²) in [4.78, 5) is 0. The molecule has 0 N–H and O–H groups in total. The molecule has 0 unspecified atom stereocenters. The van der Waals surface area contributed by atoms with E-state index in [2.05, 4.69) is 37.2 Å². The molecule has 4 heterocycles. The van der Waals surface area contributed by atoms with Crippen LogP contribution in [0.3, 0.4) is 0 Å². The fourth-order valence-corrected chi connectivity index (χ4v) is 25.8. The summed E-state index contributed by atoms with van der Waals surface area (Å²) in [6, 6.07) is 4.59. The maximum atomic E-state index is 9.11. The average molecular weight is 825 g/mol. The quantitative estimate of drug-likeness (QED) is 0.131. The highest BCUT2D eigenvalue weighted by atomic mass is 33.1. The van der Waals surface area contributed by atoms with Gasteiger partial charge in [-0.3, -0.25) is 0 Å². The Morgan fingerprint density at radius 3 is 1.00 bits per heavy atom. The molecule has 0 bridgehead atoms. The SMILES string of the molecule is CSC1=C(SC)SC(=C2SC(SCCC#N)=C(SSC3=C(SCCC#N)SC(=C4SC(SC)=C(SC)S4)S3)S2)S1. The number of thioether (sulfide) groups is 14. The predicted octanol–water partition coefficient (Wildman–Crippen LogP) is 13.8. The van der Waals surface area contributed by atoms with E-state index >= 15 is 0 Å². The van der Waals surface area contributed by atoms with E-state index in [0.29, 0.717) is 12.8 Å². The number of nitriles is 2. The third-order valence-corrected chi connectivity index (χ3v) is 27.6. The fourth-order valence-electron chi connectivity index (χ4n) is 2.66. The van der Waals surface area contributed by atoms with Gasteiger partial charge in [0.2, 0.25) is 0 Å². The lowest BCUT2D eigenvalue weighted by atomic mass is 10.6. The minimum Gasteiger partial charge on any atom is -0.198 e. The molecule has 40 heavy (non-hydrogen) atoms. The van der Waals surface area contributed by atoms with Crippen LogP contribution < -0.4 is 0 Å². The molecule has 0 radical (unpaired) electrons. The molecular formula is C22H20N2S16. The average Bonchev–Trinajstić information content (AvgIpc) is 3.76. The van der Waals surface area contributed by atoms with Crippen molar-refractivity contribution in [1.82, 2.24) is 0 Å². The third-order valence-electron chi connectivity index (χ3n) is 4.31. The van der Waals surface area contributed by atoms with E-state index < -0.39 is 0 Å². The molecule has 2 nitrogen and oxygen atoms in total. The standard InChI is InChI=1S/C22H20N2S16/c1-25-11-12(26-2)32-17(31-11)19-35-15(29-9-5-7-23)21(37-19)39-40-22-16(30-10-6-8-24)36-20(38-22)18-33-13(27-3)14(28-4)34-18/h5-6,9-10H2,1-4H3. The van der Waals surface area contributed by atoms with E-state index in [0.717, 1.165) is 11.5 Å². The molecule has 4 aliphatic heterocycles. The van der Waals surface area contributed by atoms with Gasteiger partial charge < -0.3 is 0 Å². The molecule has 0 aromatic carbocycles. The molecular weight excluding hydrogens is 805 g/mol. The van der Waals surface area contributed by atoms with E-state index in [1.54, 1.807) is 0 Å². The third kappa shape index (κ3) is 9.77. The van der Waals surface area contributed by atoms with Crippen LogP contribution in [0.1, 0.15) is 12.8 Å². The topological polar surface area (TPSA) is 47.6 Å². The minimum absolute atomic E-state index is 0.558. The molecule has 0 fully saturated rings. The van der Waals surface area contributed by atoms with Gasteiger partial charge in [0.05, 0.1) is 63.0 Å². The van der Waals surface area contributed by atoms with Gasteiger partial charge in [-0.2, -0.15) is 10.5 Å². The summed E-state index contributed by atoms with van der Waals surface area (Å²) in [5, 5.41) is 18.2.